The van der Waals surface area contributed by atoms with Crippen molar-refractivity contribution in [2.45, 2.75) is 19.0 Å². The molecule has 0 amide bonds. The van der Waals surface area contributed by atoms with Crippen molar-refractivity contribution >= 4 is 5.97 Å². The Morgan fingerprint density at radius 1 is 1.33 bits per heavy atom. The first kappa shape index (κ1) is 15.1. The number of esters is 1. The van der Waals surface area contributed by atoms with Crippen LogP contribution < -0.4 is 10.1 Å². The Morgan fingerprint density at radius 3 is 2.67 bits per heavy atom. The molecule has 2 N–H and O–H groups in total. The fraction of sp³-hybridized carbons (Fsp3) is 0.333. The molecule has 0 aliphatic heterocycles. The lowest BCUT2D eigenvalue weighted by Crippen LogP contribution is -2.39. The molecule has 0 radical (unpaired) electrons. The minimum absolute atomic E-state index is 0.293. The summed E-state index contributed by atoms with van der Waals surface area (Å²) in [6.45, 7) is 0.567. The van der Waals surface area contributed by atoms with Crippen molar-refractivity contribution in [2.24, 2.45) is 0 Å². The molecular formula is C15H19N3O3. The number of aromatic nitrogens is 2. The third-order valence-corrected chi connectivity index (χ3v) is 3.18. The van der Waals surface area contributed by atoms with E-state index in [1.54, 1.807) is 19.6 Å². The van der Waals surface area contributed by atoms with E-state index in [1.807, 2.05) is 24.3 Å². The number of rotatable bonds is 7. The van der Waals surface area contributed by atoms with Gasteiger partial charge in [-0.2, -0.15) is 0 Å². The molecule has 0 fully saturated rings. The first-order chi connectivity index (χ1) is 10.2. The smallest absolute Gasteiger partial charge is 0.323 e. The van der Waals surface area contributed by atoms with Gasteiger partial charge in [-0.3, -0.25) is 10.1 Å². The largest absolute Gasteiger partial charge is 0.497 e. The second kappa shape index (κ2) is 7.44. The van der Waals surface area contributed by atoms with Crippen LogP contribution in [0, 0.1) is 0 Å². The van der Waals surface area contributed by atoms with E-state index < -0.39 is 6.04 Å². The van der Waals surface area contributed by atoms with E-state index in [0.29, 0.717) is 13.0 Å². The Kier molecular flexibility index (Phi) is 5.34. The first-order valence-corrected chi connectivity index (χ1v) is 6.64. The quantitative estimate of drug-likeness (QED) is 0.751. The number of H-pyrrole nitrogens is 1. The minimum Gasteiger partial charge on any atom is -0.497 e. The maximum atomic E-state index is 11.8. The zero-order valence-electron chi connectivity index (χ0n) is 12.1. The summed E-state index contributed by atoms with van der Waals surface area (Å²) in [6, 6.07) is 7.27. The minimum atomic E-state index is -0.419. The second-order valence-corrected chi connectivity index (χ2v) is 4.59. The molecule has 2 aromatic rings. The van der Waals surface area contributed by atoms with Crippen molar-refractivity contribution in [1.29, 1.82) is 0 Å². The van der Waals surface area contributed by atoms with Gasteiger partial charge >= 0.3 is 5.97 Å². The summed E-state index contributed by atoms with van der Waals surface area (Å²) in [7, 11) is 3.02. The molecule has 1 aromatic heterocycles. The van der Waals surface area contributed by atoms with E-state index in [0.717, 1.165) is 17.0 Å². The molecule has 0 bridgehead atoms. The van der Waals surface area contributed by atoms with Gasteiger partial charge in [-0.05, 0) is 17.7 Å². The SMILES string of the molecule is COC(=O)[C@@H](Cc1cnc[nH]1)NCc1ccc(OC)cc1. The molecular weight excluding hydrogens is 270 g/mol. The number of nitrogens with one attached hydrogen (secondary N) is 2. The van der Waals surface area contributed by atoms with Crippen molar-refractivity contribution in [2.75, 3.05) is 14.2 Å². The van der Waals surface area contributed by atoms with E-state index >= 15 is 0 Å². The number of aromatic amines is 1. The number of benzene rings is 1. The van der Waals surface area contributed by atoms with E-state index in [1.165, 1.54) is 7.11 Å². The van der Waals surface area contributed by atoms with Crippen molar-refractivity contribution in [3.63, 3.8) is 0 Å². The van der Waals surface area contributed by atoms with Crippen LogP contribution in [-0.2, 0) is 22.5 Å². The fourth-order valence-electron chi connectivity index (χ4n) is 1.98. The van der Waals surface area contributed by atoms with Gasteiger partial charge in [0.2, 0.25) is 0 Å². The van der Waals surface area contributed by atoms with E-state index in [9.17, 15) is 4.79 Å². The Hall–Kier alpha value is -2.34. The maximum absolute atomic E-state index is 11.8. The number of hydrogen-bond donors (Lipinski definition) is 2. The van der Waals surface area contributed by atoms with E-state index in [-0.39, 0.29) is 5.97 Å². The normalized spacial score (nSPS) is 11.9. The van der Waals surface area contributed by atoms with Gasteiger partial charge in [0, 0.05) is 24.9 Å². The second-order valence-electron chi connectivity index (χ2n) is 4.59. The van der Waals surface area contributed by atoms with Crippen LogP contribution in [0.3, 0.4) is 0 Å². The van der Waals surface area contributed by atoms with Crippen LogP contribution in [0.25, 0.3) is 0 Å². The zero-order valence-corrected chi connectivity index (χ0v) is 12.1. The van der Waals surface area contributed by atoms with Gasteiger partial charge in [0.25, 0.3) is 0 Å². The summed E-state index contributed by atoms with van der Waals surface area (Å²) in [4.78, 5) is 18.8. The molecule has 6 heteroatoms. The summed E-state index contributed by atoms with van der Waals surface area (Å²) in [5, 5.41) is 3.20. The molecule has 2 rings (SSSR count). The molecule has 1 aromatic carbocycles. The number of carbonyl (C=O) groups is 1. The molecule has 21 heavy (non-hydrogen) atoms. The van der Waals surface area contributed by atoms with Gasteiger partial charge in [0.05, 0.1) is 20.5 Å². The molecule has 0 aliphatic rings. The zero-order chi connectivity index (χ0) is 15.1. The highest BCUT2D eigenvalue weighted by atomic mass is 16.5. The number of ether oxygens (including phenoxy) is 2. The lowest BCUT2D eigenvalue weighted by molar-refractivity contribution is -0.143. The van der Waals surface area contributed by atoms with Gasteiger partial charge in [0.15, 0.2) is 0 Å². The highest BCUT2D eigenvalue weighted by molar-refractivity contribution is 5.75. The third-order valence-electron chi connectivity index (χ3n) is 3.18. The summed E-state index contributed by atoms with van der Waals surface area (Å²) in [5.41, 5.74) is 1.95. The predicted octanol–water partition coefficient (Wildman–Crippen LogP) is 1.29. The van der Waals surface area contributed by atoms with Crippen molar-refractivity contribution in [3.8, 4) is 5.75 Å². The number of methoxy groups -OCH3 is 2. The summed E-state index contributed by atoms with van der Waals surface area (Å²) < 4.78 is 9.95. The Morgan fingerprint density at radius 2 is 2.10 bits per heavy atom. The number of imidazole rings is 1. The van der Waals surface area contributed by atoms with Gasteiger partial charge in [-0.1, -0.05) is 12.1 Å². The topological polar surface area (TPSA) is 76.2 Å². The Bertz CT molecular complexity index is 552. The summed E-state index contributed by atoms with van der Waals surface area (Å²) in [6.07, 6.45) is 3.79. The standard InChI is InChI=1S/C15H19N3O3/c1-20-13-5-3-11(4-6-13)8-17-14(15(19)21-2)7-12-9-16-10-18-12/h3-6,9-10,14,17H,7-8H2,1-2H3,(H,16,18)/t14-/m1/s1. The number of hydrogen-bond acceptors (Lipinski definition) is 5. The monoisotopic (exact) mass is 289 g/mol. The Labute approximate surface area is 123 Å². The fourth-order valence-corrected chi connectivity index (χ4v) is 1.98. The lowest BCUT2D eigenvalue weighted by Gasteiger charge is -2.16. The molecule has 0 saturated heterocycles. The summed E-state index contributed by atoms with van der Waals surface area (Å²) in [5.74, 6) is 0.513. The lowest BCUT2D eigenvalue weighted by atomic mass is 10.1. The molecule has 6 nitrogen and oxygen atoms in total. The van der Waals surface area contributed by atoms with Gasteiger partial charge < -0.3 is 14.5 Å². The van der Waals surface area contributed by atoms with Crippen LogP contribution in [0.5, 0.6) is 5.75 Å². The average molecular weight is 289 g/mol. The molecule has 0 spiro atoms. The Balaban J connectivity index is 1.96. The molecule has 1 atom stereocenters. The van der Waals surface area contributed by atoms with E-state index in [4.69, 9.17) is 9.47 Å². The average Bonchev–Trinajstić information content (AvgIpc) is 3.04. The number of nitrogens with zero attached hydrogens (tertiary/aromatic N) is 1. The highest BCUT2D eigenvalue weighted by Gasteiger charge is 2.19. The van der Waals surface area contributed by atoms with Crippen LogP contribution in [0.4, 0.5) is 0 Å². The van der Waals surface area contributed by atoms with Crippen LogP contribution in [0.1, 0.15) is 11.3 Å². The third kappa shape index (κ3) is 4.32. The van der Waals surface area contributed by atoms with Crippen LogP contribution in [-0.4, -0.2) is 36.2 Å². The number of carbonyl (C=O) groups excluding carboxylic acids is 1. The van der Waals surface area contributed by atoms with Crippen LogP contribution in [0.2, 0.25) is 0 Å². The summed E-state index contributed by atoms with van der Waals surface area (Å²) >= 11 is 0. The van der Waals surface area contributed by atoms with Gasteiger partial charge in [0.1, 0.15) is 11.8 Å². The van der Waals surface area contributed by atoms with Crippen LogP contribution >= 0.6 is 0 Å². The maximum Gasteiger partial charge on any atom is 0.323 e. The van der Waals surface area contributed by atoms with Crippen molar-refractivity contribution in [1.82, 2.24) is 15.3 Å². The van der Waals surface area contributed by atoms with E-state index in [2.05, 4.69) is 15.3 Å². The molecule has 112 valence electrons. The molecule has 0 aliphatic carbocycles. The predicted molar refractivity (Wildman–Crippen MR) is 77.9 cm³/mol. The van der Waals surface area contributed by atoms with Gasteiger partial charge in [-0.25, -0.2) is 4.98 Å². The van der Waals surface area contributed by atoms with Gasteiger partial charge in [-0.15, -0.1) is 0 Å². The van der Waals surface area contributed by atoms with Crippen molar-refractivity contribution in [3.05, 3.63) is 48.0 Å². The highest BCUT2D eigenvalue weighted by Crippen LogP contribution is 2.11. The van der Waals surface area contributed by atoms with Crippen LogP contribution in [0.15, 0.2) is 36.8 Å². The molecule has 0 saturated carbocycles. The first-order valence-electron chi connectivity index (χ1n) is 6.64. The molecule has 1 heterocycles. The molecule has 0 unspecified atom stereocenters. The van der Waals surface area contributed by atoms with Crippen molar-refractivity contribution < 1.29 is 14.3 Å².